The van der Waals surface area contributed by atoms with Gasteiger partial charge in [-0.1, -0.05) is 96.5 Å². The van der Waals surface area contributed by atoms with Gasteiger partial charge in [-0.2, -0.15) is 0 Å². The van der Waals surface area contributed by atoms with Gasteiger partial charge in [-0.05, 0) is 6.42 Å². The summed E-state index contributed by atoms with van der Waals surface area (Å²) < 4.78 is 5.37. The SMILES string of the molecule is C=C[C@@H](O)COCCCCCCCCCCCCCCCC. The molecule has 0 aliphatic rings. The topological polar surface area (TPSA) is 29.5 Å². The third-order valence-corrected chi connectivity index (χ3v) is 4.20. The first-order valence-electron chi connectivity index (χ1n) is 9.69. The van der Waals surface area contributed by atoms with Crippen molar-refractivity contribution in [3.05, 3.63) is 12.7 Å². The van der Waals surface area contributed by atoms with E-state index >= 15 is 0 Å². The predicted molar refractivity (Wildman–Crippen MR) is 97.3 cm³/mol. The lowest BCUT2D eigenvalue weighted by Gasteiger charge is -2.06. The highest BCUT2D eigenvalue weighted by atomic mass is 16.5. The van der Waals surface area contributed by atoms with Gasteiger partial charge in [0.2, 0.25) is 0 Å². The normalized spacial score (nSPS) is 12.5. The average Bonchev–Trinajstić information content (AvgIpc) is 2.54. The van der Waals surface area contributed by atoms with Gasteiger partial charge in [0.05, 0.1) is 12.7 Å². The van der Waals surface area contributed by atoms with Crippen LogP contribution in [0.4, 0.5) is 0 Å². The first-order chi connectivity index (χ1) is 10.8. The molecule has 0 unspecified atom stereocenters. The largest absolute Gasteiger partial charge is 0.387 e. The smallest absolute Gasteiger partial charge is 0.0951 e. The summed E-state index contributed by atoms with van der Waals surface area (Å²) in [6, 6.07) is 0. The molecule has 22 heavy (non-hydrogen) atoms. The number of hydrogen-bond acceptors (Lipinski definition) is 2. The molecule has 2 nitrogen and oxygen atoms in total. The van der Waals surface area contributed by atoms with Crippen molar-refractivity contribution in [3.63, 3.8) is 0 Å². The number of rotatable bonds is 18. The molecule has 0 fully saturated rings. The van der Waals surface area contributed by atoms with Crippen LogP contribution in [-0.2, 0) is 4.74 Å². The van der Waals surface area contributed by atoms with E-state index in [1.165, 1.54) is 89.5 Å². The highest BCUT2D eigenvalue weighted by Crippen LogP contribution is 2.12. The summed E-state index contributed by atoms with van der Waals surface area (Å²) in [4.78, 5) is 0. The molecule has 1 N–H and O–H groups in total. The molecule has 0 radical (unpaired) electrons. The molecule has 132 valence electrons. The van der Waals surface area contributed by atoms with E-state index in [0.29, 0.717) is 6.61 Å². The lowest BCUT2D eigenvalue weighted by Crippen LogP contribution is -2.12. The lowest BCUT2D eigenvalue weighted by molar-refractivity contribution is 0.0578. The van der Waals surface area contributed by atoms with Gasteiger partial charge in [-0.15, -0.1) is 6.58 Å². The highest BCUT2D eigenvalue weighted by Gasteiger charge is 1.97. The number of hydrogen-bond donors (Lipinski definition) is 1. The van der Waals surface area contributed by atoms with Gasteiger partial charge in [0.1, 0.15) is 0 Å². The fourth-order valence-electron chi connectivity index (χ4n) is 2.67. The Hall–Kier alpha value is -0.340. The van der Waals surface area contributed by atoms with Crippen molar-refractivity contribution in [2.75, 3.05) is 13.2 Å². The zero-order chi connectivity index (χ0) is 16.3. The Morgan fingerprint density at radius 2 is 1.18 bits per heavy atom. The van der Waals surface area contributed by atoms with Crippen LogP contribution < -0.4 is 0 Å². The third kappa shape index (κ3) is 17.7. The van der Waals surface area contributed by atoms with Crippen LogP contribution in [0.3, 0.4) is 0 Å². The zero-order valence-electron chi connectivity index (χ0n) is 15.0. The number of aliphatic hydroxyl groups excluding tert-OH is 1. The van der Waals surface area contributed by atoms with Gasteiger partial charge in [0.25, 0.3) is 0 Å². The minimum absolute atomic E-state index is 0.391. The van der Waals surface area contributed by atoms with Crippen molar-refractivity contribution in [2.24, 2.45) is 0 Å². The molecular weight excluding hydrogens is 272 g/mol. The lowest BCUT2D eigenvalue weighted by atomic mass is 10.0. The van der Waals surface area contributed by atoms with Crippen LogP contribution in [0.1, 0.15) is 96.8 Å². The van der Waals surface area contributed by atoms with Gasteiger partial charge in [-0.25, -0.2) is 0 Å². The summed E-state index contributed by atoms with van der Waals surface area (Å²) in [6.07, 6.45) is 20.3. The van der Waals surface area contributed by atoms with E-state index in [1.807, 2.05) is 0 Å². The standard InChI is InChI=1S/C20H40O2/c1-3-5-6-7-8-9-10-11-12-13-14-15-16-17-18-22-19-20(21)4-2/h4,20-21H,2-3,5-19H2,1H3/t20-/m1/s1. The first-order valence-corrected chi connectivity index (χ1v) is 9.69. The van der Waals surface area contributed by atoms with Gasteiger partial charge in [-0.3, -0.25) is 0 Å². The van der Waals surface area contributed by atoms with Gasteiger partial charge in [0, 0.05) is 6.61 Å². The molecule has 0 aromatic carbocycles. The van der Waals surface area contributed by atoms with Gasteiger partial charge in [0.15, 0.2) is 0 Å². The highest BCUT2D eigenvalue weighted by molar-refractivity contribution is 4.76. The van der Waals surface area contributed by atoms with E-state index in [-0.39, 0.29) is 0 Å². The van der Waals surface area contributed by atoms with Gasteiger partial charge < -0.3 is 9.84 Å². The van der Waals surface area contributed by atoms with E-state index in [1.54, 1.807) is 0 Å². The summed E-state index contributed by atoms with van der Waals surface area (Å²) in [7, 11) is 0. The molecule has 0 aliphatic carbocycles. The minimum atomic E-state index is -0.508. The number of ether oxygens (including phenoxy) is 1. The van der Waals surface area contributed by atoms with Crippen molar-refractivity contribution in [1.82, 2.24) is 0 Å². The fraction of sp³-hybridized carbons (Fsp3) is 0.900. The monoisotopic (exact) mass is 312 g/mol. The molecule has 0 heterocycles. The minimum Gasteiger partial charge on any atom is -0.387 e. The van der Waals surface area contributed by atoms with Crippen LogP contribution in [0.5, 0.6) is 0 Å². The summed E-state index contributed by atoms with van der Waals surface area (Å²) in [6.45, 7) is 6.96. The van der Waals surface area contributed by atoms with E-state index < -0.39 is 6.10 Å². The zero-order valence-corrected chi connectivity index (χ0v) is 15.0. The maximum absolute atomic E-state index is 9.23. The van der Waals surface area contributed by atoms with E-state index in [2.05, 4.69) is 13.5 Å². The Balaban J connectivity index is 2.98. The second-order valence-corrected chi connectivity index (χ2v) is 6.47. The maximum Gasteiger partial charge on any atom is 0.0951 e. The molecule has 0 saturated carbocycles. The molecule has 0 rings (SSSR count). The molecule has 0 spiro atoms. The van der Waals surface area contributed by atoms with Crippen LogP contribution in [0.25, 0.3) is 0 Å². The molecule has 0 saturated heterocycles. The number of aliphatic hydroxyl groups is 1. The molecule has 2 heteroatoms. The Morgan fingerprint density at radius 1 is 0.773 bits per heavy atom. The molecule has 0 aliphatic heterocycles. The fourth-order valence-corrected chi connectivity index (χ4v) is 2.67. The predicted octanol–water partition coefficient (Wildman–Crippen LogP) is 6.03. The van der Waals surface area contributed by atoms with Crippen molar-refractivity contribution < 1.29 is 9.84 Å². The van der Waals surface area contributed by atoms with Crippen molar-refractivity contribution in [3.8, 4) is 0 Å². The molecular formula is C20H40O2. The Labute approximate surface area is 139 Å². The van der Waals surface area contributed by atoms with Crippen LogP contribution >= 0.6 is 0 Å². The van der Waals surface area contributed by atoms with Crippen molar-refractivity contribution in [1.29, 1.82) is 0 Å². The van der Waals surface area contributed by atoms with Crippen molar-refractivity contribution in [2.45, 2.75) is 103 Å². The second-order valence-electron chi connectivity index (χ2n) is 6.47. The number of unbranched alkanes of at least 4 members (excludes halogenated alkanes) is 13. The van der Waals surface area contributed by atoms with Crippen LogP contribution in [0.2, 0.25) is 0 Å². The summed E-state index contributed by atoms with van der Waals surface area (Å²) >= 11 is 0. The summed E-state index contributed by atoms with van der Waals surface area (Å²) in [5.41, 5.74) is 0. The quantitative estimate of drug-likeness (QED) is 0.247. The van der Waals surface area contributed by atoms with Gasteiger partial charge >= 0.3 is 0 Å². The molecule has 0 aromatic heterocycles. The second kappa shape index (κ2) is 18.7. The van der Waals surface area contributed by atoms with Crippen LogP contribution in [0, 0.1) is 0 Å². The van der Waals surface area contributed by atoms with E-state index in [4.69, 9.17) is 4.74 Å². The third-order valence-electron chi connectivity index (χ3n) is 4.20. The summed E-state index contributed by atoms with van der Waals surface area (Å²) in [5.74, 6) is 0. The Kier molecular flexibility index (Phi) is 18.4. The molecule has 0 aromatic rings. The first kappa shape index (κ1) is 21.7. The van der Waals surface area contributed by atoms with E-state index in [0.717, 1.165) is 13.0 Å². The van der Waals surface area contributed by atoms with Crippen LogP contribution in [0.15, 0.2) is 12.7 Å². The van der Waals surface area contributed by atoms with E-state index in [9.17, 15) is 5.11 Å². The molecule has 0 bridgehead atoms. The average molecular weight is 313 g/mol. The molecule has 1 atom stereocenters. The molecule has 0 amide bonds. The Morgan fingerprint density at radius 3 is 1.59 bits per heavy atom. The van der Waals surface area contributed by atoms with Crippen LogP contribution in [-0.4, -0.2) is 24.4 Å². The Bertz CT molecular complexity index is 216. The van der Waals surface area contributed by atoms with Crippen molar-refractivity contribution >= 4 is 0 Å². The maximum atomic E-state index is 9.23. The summed E-state index contributed by atoms with van der Waals surface area (Å²) in [5, 5.41) is 9.23.